The van der Waals surface area contributed by atoms with Gasteiger partial charge in [-0.05, 0) is 13.3 Å². The molecule has 0 spiro atoms. The molecule has 0 aliphatic heterocycles. The third-order valence-corrected chi connectivity index (χ3v) is 1.32. The van der Waals surface area contributed by atoms with E-state index in [1.54, 1.807) is 6.92 Å². The summed E-state index contributed by atoms with van der Waals surface area (Å²) in [7, 11) is 0. The molecule has 0 aromatic rings. The Labute approximate surface area is 114 Å². The largest absolute Gasteiger partial charge is 0.343 e. The summed E-state index contributed by atoms with van der Waals surface area (Å²) in [6.07, 6.45) is 2.30. The first-order chi connectivity index (χ1) is 5.63. The first-order valence-corrected chi connectivity index (χ1v) is 4.89. The van der Waals surface area contributed by atoms with Crippen LogP contribution < -0.4 is 0 Å². The lowest BCUT2D eigenvalue weighted by Gasteiger charge is -2.16. The molecule has 2 nitrogen and oxygen atoms in total. The zero-order chi connectivity index (χ0) is 9.98. The number of carbonyl (C=O) groups excluding carboxylic acids is 1. The fourth-order valence-electron chi connectivity index (χ4n) is 0.808. The molecule has 0 aliphatic rings. The summed E-state index contributed by atoms with van der Waals surface area (Å²) in [6.45, 7) is 11.7. The number of amides is 1. The van der Waals surface area contributed by atoms with Crippen LogP contribution in [0.25, 0.3) is 0 Å². The van der Waals surface area contributed by atoms with Crippen molar-refractivity contribution in [3.05, 3.63) is 0 Å². The van der Waals surface area contributed by atoms with Gasteiger partial charge in [-0.2, -0.15) is 0 Å². The minimum atomic E-state index is 0. The number of carbonyl (C=O) groups is 1. The quantitative estimate of drug-likeness (QED) is 0.616. The van der Waals surface area contributed by atoms with Gasteiger partial charge < -0.3 is 4.90 Å². The van der Waals surface area contributed by atoms with Crippen LogP contribution in [-0.4, -0.2) is 23.9 Å². The highest BCUT2D eigenvalue weighted by Crippen LogP contribution is 1.89. The summed E-state index contributed by atoms with van der Waals surface area (Å²) in [5.41, 5.74) is 0. The third-order valence-electron chi connectivity index (χ3n) is 1.32. The van der Waals surface area contributed by atoms with Gasteiger partial charge in [-0.3, -0.25) is 4.79 Å². The van der Waals surface area contributed by atoms with Gasteiger partial charge in [0.05, 0.1) is 0 Å². The summed E-state index contributed by atoms with van der Waals surface area (Å²) in [5, 5.41) is 0. The maximum atomic E-state index is 10.7. The van der Waals surface area contributed by atoms with E-state index in [9.17, 15) is 4.79 Å². The Morgan fingerprint density at radius 2 is 1.18 bits per heavy atom. The predicted octanol–water partition coefficient (Wildman–Crippen LogP) is 5.86. The second kappa shape index (κ2) is 36.1. The smallest absolute Gasteiger partial charge is 0.219 e. The van der Waals surface area contributed by atoms with E-state index < -0.39 is 0 Å². The fraction of sp³-hybridized carbons (Fsp3) is 0.933. The van der Waals surface area contributed by atoms with Gasteiger partial charge in [0, 0.05) is 20.0 Å². The lowest BCUT2D eigenvalue weighted by atomic mass is 10.4. The highest BCUT2D eigenvalue weighted by molar-refractivity contribution is 5.73. The monoisotopic (exact) mass is 253 g/mol. The summed E-state index contributed by atoms with van der Waals surface area (Å²) in [5.74, 6) is 0.180. The van der Waals surface area contributed by atoms with Crippen LogP contribution in [0.5, 0.6) is 0 Å². The van der Waals surface area contributed by atoms with Gasteiger partial charge in [0.2, 0.25) is 5.91 Å². The Hall–Kier alpha value is -0.530. The van der Waals surface area contributed by atoms with E-state index in [-0.39, 0.29) is 43.0 Å². The van der Waals surface area contributed by atoms with Crippen molar-refractivity contribution in [2.45, 2.75) is 84.6 Å². The molecule has 0 saturated heterocycles. The van der Waals surface area contributed by atoms with Gasteiger partial charge in [-0.15, -0.1) is 0 Å². The average molecular weight is 254 g/mol. The molecule has 2 heteroatoms. The van der Waals surface area contributed by atoms with Crippen molar-refractivity contribution < 1.29 is 4.79 Å². The first-order valence-electron chi connectivity index (χ1n) is 4.89. The Morgan fingerprint density at radius 3 is 1.24 bits per heavy atom. The third kappa shape index (κ3) is 39.1. The van der Waals surface area contributed by atoms with E-state index in [1.165, 1.54) is 6.42 Å². The molecule has 0 aliphatic carbocycles. The maximum absolute atomic E-state index is 10.7. The lowest BCUT2D eigenvalue weighted by molar-refractivity contribution is -0.128. The Kier molecular flexibility index (Phi) is 93.4. The standard InChI is InChI=1S/C7H15NO.C3H8.5CH4/c1-4-6-8(5-2)7(3)9;1-3-2;;;;;/h4-6H2,1-3H3;3H2,1-2H3;5*1H4. The second-order valence-corrected chi connectivity index (χ2v) is 2.81. The van der Waals surface area contributed by atoms with Crippen LogP contribution in [0.2, 0.25) is 0 Å². The van der Waals surface area contributed by atoms with Gasteiger partial charge in [-0.1, -0.05) is 64.3 Å². The molecular formula is C15H43NO. The minimum absolute atomic E-state index is 0. The van der Waals surface area contributed by atoms with E-state index in [0.717, 1.165) is 19.5 Å². The predicted molar refractivity (Wildman–Crippen MR) is 87.8 cm³/mol. The summed E-state index contributed by atoms with van der Waals surface area (Å²) >= 11 is 0. The van der Waals surface area contributed by atoms with Crippen LogP contribution in [0.4, 0.5) is 0 Å². The zero-order valence-electron chi connectivity index (χ0n) is 9.18. The van der Waals surface area contributed by atoms with Crippen LogP contribution in [0, 0.1) is 0 Å². The molecule has 0 aromatic heterocycles. The zero-order valence-corrected chi connectivity index (χ0v) is 9.18. The lowest BCUT2D eigenvalue weighted by Crippen LogP contribution is -2.28. The molecular weight excluding hydrogens is 210 g/mol. The molecule has 0 atom stereocenters. The summed E-state index contributed by atoms with van der Waals surface area (Å²) < 4.78 is 0. The van der Waals surface area contributed by atoms with Gasteiger partial charge in [0.25, 0.3) is 0 Å². The highest BCUT2D eigenvalue weighted by Gasteiger charge is 2.01. The maximum Gasteiger partial charge on any atom is 0.219 e. The normalized spacial score (nSPS) is 5.94. The Balaban J connectivity index is -0.0000000229. The molecule has 0 saturated carbocycles. The van der Waals surface area contributed by atoms with E-state index in [1.807, 2.05) is 11.8 Å². The van der Waals surface area contributed by atoms with Crippen molar-refractivity contribution >= 4 is 5.91 Å². The first kappa shape index (κ1) is 44.0. The van der Waals surface area contributed by atoms with Crippen molar-refractivity contribution in [2.24, 2.45) is 0 Å². The minimum Gasteiger partial charge on any atom is -0.343 e. The SMILES string of the molecule is C.C.C.C.C.CCC.CCCN(CC)C(C)=O. The molecule has 0 heterocycles. The average Bonchev–Trinajstić information content (AvgIpc) is 2.01. The van der Waals surface area contributed by atoms with Gasteiger partial charge in [-0.25, -0.2) is 0 Å². The topological polar surface area (TPSA) is 20.3 Å². The van der Waals surface area contributed by atoms with Gasteiger partial charge in [0.1, 0.15) is 0 Å². The fourth-order valence-corrected chi connectivity index (χ4v) is 0.808. The molecule has 0 rings (SSSR count). The van der Waals surface area contributed by atoms with Crippen LogP contribution >= 0.6 is 0 Å². The summed E-state index contributed by atoms with van der Waals surface area (Å²) in [6, 6.07) is 0. The molecule has 1 amide bonds. The van der Waals surface area contributed by atoms with Crippen molar-refractivity contribution in [3.63, 3.8) is 0 Å². The Bertz CT molecular complexity index is 103. The molecule has 0 unspecified atom stereocenters. The number of nitrogens with zero attached hydrogens (tertiary/aromatic N) is 1. The number of hydrogen-bond donors (Lipinski definition) is 0. The van der Waals surface area contributed by atoms with Crippen LogP contribution in [0.3, 0.4) is 0 Å². The molecule has 0 N–H and O–H groups in total. The van der Waals surface area contributed by atoms with Crippen LogP contribution in [0.1, 0.15) is 84.6 Å². The Morgan fingerprint density at radius 1 is 0.882 bits per heavy atom. The summed E-state index contributed by atoms with van der Waals surface area (Å²) in [4.78, 5) is 12.5. The number of hydrogen-bond acceptors (Lipinski definition) is 1. The number of rotatable bonds is 3. The second-order valence-electron chi connectivity index (χ2n) is 2.81. The molecule has 0 radical (unpaired) electrons. The van der Waals surface area contributed by atoms with Gasteiger partial charge in [0.15, 0.2) is 0 Å². The highest BCUT2D eigenvalue weighted by atomic mass is 16.2. The van der Waals surface area contributed by atoms with E-state index in [2.05, 4.69) is 20.8 Å². The van der Waals surface area contributed by atoms with Crippen molar-refractivity contribution in [1.29, 1.82) is 0 Å². The molecule has 0 bridgehead atoms. The molecule has 0 aromatic carbocycles. The van der Waals surface area contributed by atoms with E-state index in [4.69, 9.17) is 0 Å². The van der Waals surface area contributed by atoms with Crippen molar-refractivity contribution in [3.8, 4) is 0 Å². The molecule has 0 fully saturated rings. The van der Waals surface area contributed by atoms with Crippen LogP contribution in [0.15, 0.2) is 0 Å². The van der Waals surface area contributed by atoms with Crippen molar-refractivity contribution in [2.75, 3.05) is 13.1 Å². The van der Waals surface area contributed by atoms with Crippen LogP contribution in [-0.2, 0) is 4.79 Å². The molecule has 17 heavy (non-hydrogen) atoms. The van der Waals surface area contributed by atoms with E-state index >= 15 is 0 Å². The van der Waals surface area contributed by atoms with E-state index in [0.29, 0.717) is 0 Å². The van der Waals surface area contributed by atoms with Crippen molar-refractivity contribution in [1.82, 2.24) is 4.90 Å². The molecule has 114 valence electrons. The van der Waals surface area contributed by atoms with Gasteiger partial charge >= 0.3 is 0 Å².